The van der Waals surface area contributed by atoms with Gasteiger partial charge in [0, 0.05) is 12.1 Å². The van der Waals surface area contributed by atoms with Crippen LogP contribution in [-0.4, -0.2) is 9.91 Å². The van der Waals surface area contributed by atoms with Crippen LogP contribution < -0.4 is 4.74 Å². The van der Waals surface area contributed by atoms with E-state index in [9.17, 15) is 10.1 Å². The van der Waals surface area contributed by atoms with E-state index in [1.807, 2.05) is 6.07 Å². The SMILES string of the molecule is N#Cc1ccc(Oc2c(Cl)cc([N+](=O)[O-])cc2Cl)cn1. The van der Waals surface area contributed by atoms with E-state index in [1.54, 1.807) is 0 Å². The molecule has 0 spiro atoms. The fourth-order valence-corrected chi connectivity index (χ4v) is 1.93. The lowest BCUT2D eigenvalue weighted by Gasteiger charge is -2.08. The molecule has 20 heavy (non-hydrogen) atoms. The van der Waals surface area contributed by atoms with Gasteiger partial charge in [0.1, 0.15) is 17.5 Å². The van der Waals surface area contributed by atoms with Gasteiger partial charge in [-0.05, 0) is 12.1 Å². The molecule has 0 radical (unpaired) electrons. The second-order valence-corrected chi connectivity index (χ2v) is 4.40. The lowest BCUT2D eigenvalue weighted by Crippen LogP contribution is -1.92. The van der Waals surface area contributed by atoms with E-state index in [0.29, 0.717) is 5.75 Å². The van der Waals surface area contributed by atoms with Gasteiger partial charge < -0.3 is 4.74 Å². The van der Waals surface area contributed by atoms with Crippen molar-refractivity contribution in [2.75, 3.05) is 0 Å². The molecule has 1 heterocycles. The Morgan fingerprint density at radius 1 is 1.30 bits per heavy atom. The van der Waals surface area contributed by atoms with Crippen LogP contribution in [-0.2, 0) is 0 Å². The lowest BCUT2D eigenvalue weighted by atomic mass is 10.3. The maximum absolute atomic E-state index is 10.7. The summed E-state index contributed by atoms with van der Waals surface area (Å²) in [6, 6.07) is 7.12. The summed E-state index contributed by atoms with van der Waals surface area (Å²) in [5.74, 6) is 0.395. The summed E-state index contributed by atoms with van der Waals surface area (Å²) >= 11 is 11.8. The van der Waals surface area contributed by atoms with Crippen molar-refractivity contribution in [2.24, 2.45) is 0 Å². The van der Waals surface area contributed by atoms with Gasteiger partial charge in [-0.3, -0.25) is 10.1 Å². The van der Waals surface area contributed by atoms with Crippen molar-refractivity contribution in [1.29, 1.82) is 5.26 Å². The topological polar surface area (TPSA) is 89.0 Å². The maximum atomic E-state index is 10.7. The van der Waals surface area contributed by atoms with Crippen LogP contribution in [0.5, 0.6) is 11.5 Å². The quantitative estimate of drug-likeness (QED) is 0.632. The Morgan fingerprint density at radius 3 is 2.40 bits per heavy atom. The van der Waals surface area contributed by atoms with Gasteiger partial charge in [-0.1, -0.05) is 23.2 Å². The van der Waals surface area contributed by atoms with E-state index in [1.165, 1.54) is 18.3 Å². The van der Waals surface area contributed by atoms with Gasteiger partial charge in [0.2, 0.25) is 0 Å². The molecule has 100 valence electrons. The third kappa shape index (κ3) is 2.96. The number of nitro groups is 1. The molecule has 0 fully saturated rings. The van der Waals surface area contributed by atoms with Gasteiger partial charge in [-0.25, -0.2) is 4.98 Å². The van der Waals surface area contributed by atoms with Crippen molar-refractivity contribution in [2.45, 2.75) is 0 Å². The first-order valence-electron chi connectivity index (χ1n) is 5.18. The Kier molecular flexibility index (Phi) is 4.03. The summed E-state index contributed by atoms with van der Waals surface area (Å²) in [7, 11) is 0. The molecule has 1 aromatic carbocycles. The van der Waals surface area contributed by atoms with Crippen molar-refractivity contribution >= 4 is 28.9 Å². The summed E-state index contributed by atoms with van der Waals surface area (Å²) in [5, 5.41) is 19.3. The van der Waals surface area contributed by atoms with Crippen molar-refractivity contribution in [1.82, 2.24) is 4.98 Å². The van der Waals surface area contributed by atoms with Crippen molar-refractivity contribution in [3.05, 3.63) is 56.3 Å². The molecule has 0 aliphatic heterocycles. The minimum atomic E-state index is -0.606. The highest BCUT2D eigenvalue weighted by Gasteiger charge is 2.16. The zero-order chi connectivity index (χ0) is 14.7. The molecule has 0 aliphatic carbocycles. The monoisotopic (exact) mass is 309 g/mol. The molecule has 0 amide bonds. The minimum absolute atomic E-state index is 0.00793. The fraction of sp³-hybridized carbons (Fsp3) is 0. The molecule has 0 N–H and O–H groups in total. The van der Waals surface area contributed by atoms with E-state index in [0.717, 1.165) is 12.1 Å². The number of hydrogen-bond acceptors (Lipinski definition) is 5. The Bertz CT molecular complexity index is 688. The summed E-state index contributed by atoms with van der Waals surface area (Å²) < 4.78 is 5.42. The molecule has 8 heteroatoms. The molecule has 0 atom stereocenters. The molecule has 0 saturated carbocycles. The van der Waals surface area contributed by atoms with E-state index in [4.69, 9.17) is 33.2 Å². The number of benzene rings is 1. The summed E-state index contributed by atoms with van der Waals surface area (Å²) in [5.41, 5.74) is 0.00328. The highest BCUT2D eigenvalue weighted by atomic mass is 35.5. The normalized spacial score (nSPS) is 9.85. The minimum Gasteiger partial charge on any atom is -0.453 e. The molecule has 0 aliphatic rings. The van der Waals surface area contributed by atoms with Gasteiger partial charge >= 0.3 is 0 Å². The van der Waals surface area contributed by atoms with Crippen LogP contribution in [0.25, 0.3) is 0 Å². The zero-order valence-corrected chi connectivity index (χ0v) is 11.2. The van der Waals surface area contributed by atoms with Crippen LogP contribution in [0.15, 0.2) is 30.5 Å². The van der Waals surface area contributed by atoms with Gasteiger partial charge in [-0.2, -0.15) is 5.26 Å². The van der Waals surface area contributed by atoms with Crippen molar-refractivity contribution in [3.8, 4) is 17.6 Å². The predicted molar refractivity (Wildman–Crippen MR) is 72.1 cm³/mol. The van der Waals surface area contributed by atoms with Crippen LogP contribution in [0.3, 0.4) is 0 Å². The highest BCUT2D eigenvalue weighted by Crippen LogP contribution is 2.39. The number of pyridine rings is 1. The molecule has 1 aromatic heterocycles. The smallest absolute Gasteiger partial charge is 0.272 e. The van der Waals surface area contributed by atoms with Crippen LogP contribution >= 0.6 is 23.2 Å². The Morgan fingerprint density at radius 2 is 1.95 bits per heavy atom. The first-order chi connectivity index (χ1) is 9.51. The molecule has 6 nitrogen and oxygen atoms in total. The highest BCUT2D eigenvalue weighted by molar-refractivity contribution is 6.37. The third-order valence-electron chi connectivity index (χ3n) is 2.26. The summed E-state index contributed by atoms with van der Waals surface area (Å²) in [6.45, 7) is 0. The first-order valence-corrected chi connectivity index (χ1v) is 5.94. The van der Waals surface area contributed by atoms with Crippen molar-refractivity contribution in [3.63, 3.8) is 0 Å². The Balaban J connectivity index is 2.33. The number of aromatic nitrogens is 1. The Hall–Kier alpha value is -2.36. The standard InChI is InChI=1S/C12H5Cl2N3O3/c13-10-3-8(17(18)19)4-11(14)12(10)20-9-2-1-7(5-15)16-6-9/h1-4,6H. The number of nitriles is 1. The third-order valence-corrected chi connectivity index (χ3v) is 2.83. The van der Waals surface area contributed by atoms with Crippen LogP contribution in [0.1, 0.15) is 5.69 Å². The molecule has 0 saturated heterocycles. The maximum Gasteiger partial charge on any atom is 0.272 e. The fourth-order valence-electron chi connectivity index (χ4n) is 1.37. The Labute approximate surface area is 123 Å². The zero-order valence-electron chi connectivity index (χ0n) is 9.71. The molecule has 0 bridgehead atoms. The van der Waals surface area contributed by atoms with Crippen LogP contribution in [0, 0.1) is 21.4 Å². The van der Waals surface area contributed by atoms with E-state index in [-0.39, 0.29) is 27.2 Å². The molecule has 2 aromatic rings. The van der Waals surface area contributed by atoms with Gasteiger partial charge in [-0.15, -0.1) is 0 Å². The van der Waals surface area contributed by atoms with E-state index >= 15 is 0 Å². The number of non-ortho nitro benzene ring substituents is 1. The molecular formula is C12H5Cl2N3O3. The number of nitrogens with zero attached hydrogens (tertiary/aromatic N) is 3. The number of hydrogen-bond donors (Lipinski definition) is 0. The predicted octanol–water partition coefficient (Wildman–Crippen LogP) is 3.96. The van der Waals surface area contributed by atoms with Gasteiger partial charge in [0.15, 0.2) is 5.75 Å². The average molecular weight is 310 g/mol. The number of halogens is 2. The first kappa shape index (κ1) is 14.1. The van der Waals surface area contributed by atoms with Crippen LogP contribution in [0.2, 0.25) is 10.0 Å². The largest absolute Gasteiger partial charge is 0.453 e. The average Bonchev–Trinajstić information content (AvgIpc) is 2.43. The van der Waals surface area contributed by atoms with E-state index < -0.39 is 4.92 Å². The number of rotatable bonds is 3. The second-order valence-electron chi connectivity index (χ2n) is 3.59. The van der Waals surface area contributed by atoms with Crippen molar-refractivity contribution < 1.29 is 9.66 Å². The lowest BCUT2D eigenvalue weighted by molar-refractivity contribution is -0.384. The van der Waals surface area contributed by atoms with Crippen LogP contribution in [0.4, 0.5) is 5.69 Å². The van der Waals surface area contributed by atoms with E-state index in [2.05, 4.69) is 4.98 Å². The second kappa shape index (κ2) is 5.74. The molecule has 0 unspecified atom stereocenters. The summed E-state index contributed by atoms with van der Waals surface area (Å²) in [4.78, 5) is 13.9. The van der Waals surface area contributed by atoms with Gasteiger partial charge in [0.25, 0.3) is 5.69 Å². The van der Waals surface area contributed by atoms with Gasteiger partial charge in [0.05, 0.1) is 21.2 Å². The molecule has 2 rings (SSSR count). The summed E-state index contributed by atoms with van der Waals surface area (Å²) in [6.07, 6.45) is 1.33. The molecular weight excluding hydrogens is 305 g/mol. The number of ether oxygens (including phenoxy) is 1. The number of nitro benzene ring substituents is 1.